The smallest absolute Gasteiger partial charge is 0.261 e. The summed E-state index contributed by atoms with van der Waals surface area (Å²) in [6.07, 6.45) is 0. The maximum absolute atomic E-state index is 12.9. The van der Waals surface area contributed by atoms with Crippen LogP contribution >= 0.6 is 7.37 Å². The molecule has 0 radical (unpaired) electrons. The first-order valence-electron chi connectivity index (χ1n) is 5.45. The number of aryl methyl sites for hydroxylation is 1. The third kappa shape index (κ3) is 2.74. The summed E-state index contributed by atoms with van der Waals surface area (Å²) in [5.41, 5.74) is 1.14. The summed E-state index contributed by atoms with van der Waals surface area (Å²) < 4.78 is 18.2. The Kier molecular flexibility index (Phi) is 4.95. The maximum atomic E-state index is 12.9. The largest absolute Gasteiger partial charge is 0.325 e. The van der Waals surface area contributed by atoms with E-state index in [2.05, 4.69) is 0 Å². The Morgan fingerprint density at radius 2 is 1.39 bits per heavy atom. The van der Waals surface area contributed by atoms with Gasteiger partial charge in [-0.05, 0) is 31.2 Å². The van der Waals surface area contributed by atoms with E-state index in [1.807, 2.05) is 61.5 Å². The molecule has 0 aliphatic carbocycles. The average molecular weight is 260 g/mol. The summed E-state index contributed by atoms with van der Waals surface area (Å²) in [5, 5.41) is 1.46. The quantitative estimate of drug-likeness (QED) is 0.620. The van der Waals surface area contributed by atoms with E-state index in [9.17, 15) is 4.57 Å². The topological polar surface area (TPSA) is 26.3 Å². The second kappa shape index (κ2) is 6.04. The zero-order valence-corrected chi connectivity index (χ0v) is 10.9. The van der Waals surface area contributed by atoms with Crippen molar-refractivity contribution in [1.29, 1.82) is 0 Å². The molecule has 0 aromatic heterocycles. The Morgan fingerprint density at radius 3 is 1.89 bits per heavy atom. The molecule has 0 aliphatic rings. The van der Waals surface area contributed by atoms with Crippen LogP contribution in [-0.2, 0) is 9.09 Å². The van der Waals surface area contributed by atoms with Crippen LogP contribution in [0, 0.1) is 6.92 Å². The van der Waals surface area contributed by atoms with Crippen molar-refractivity contribution in [2.24, 2.45) is 0 Å². The molecule has 18 heavy (non-hydrogen) atoms. The molecule has 4 heteroatoms. The van der Waals surface area contributed by atoms with Crippen molar-refractivity contribution in [2.75, 3.05) is 7.11 Å². The lowest BCUT2D eigenvalue weighted by molar-refractivity contribution is 0.412. The minimum atomic E-state index is -2.92. The van der Waals surface area contributed by atoms with Crippen LogP contribution in [0.25, 0.3) is 0 Å². The van der Waals surface area contributed by atoms with Crippen molar-refractivity contribution in [3.8, 4) is 0 Å². The lowest BCUT2D eigenvalue weighted by Gasteiger charge is -2.16. The molecule has 2 aromatic carbocycles. The van der Waals surface area contributed by atoms with E-state index in [0.717, 1.165) is 16.2 Å². The van der Waals surface area contributed by atoms with Crippen molar-refractivity contribution in [3.63, 3.8) is 0 Å². The average Bonchev–Trinajstić information content (AvgIpc) is 2.40. The highest BCUT2D eigenvalue weighted by Gasteiger charge is 2.26. The van der Waals surface area contributed by atoms with Crippen molar-refractivity contribution in [1.82, 2.24) is 0 Å². The van der Waals surface area contributed by atoms with E-state index in [1.165, 1.54) is 7.11 Å². The van der Waals surface area contributed by atoms with Gasteiger partial charge >= 0.3 is 0 Å². The Morgan fingerprint density at radius 1 is 0.889 bits per heavy atom. The summed E-state index contributed by atoms with van der Waals surface area (Å²) in [6.45, 7) is 2.00. The van der Waals surface area contributed by atoms with Crippen LogP contribution in [0.3, 0.4) is 0 Å². The van der Waals surface area contributed by atoms with Crippen molar-refractivity contribution in [3.05, 3.63) is 60.2 Å². The molecule has 0 bridgehead atoms. The van der Waals surface area contributed by atoms with Crippen LogP contribution in [0.4, 0.5) is 0 Å². The van der Waals surface area contributed by atoms with Gasteiger partial charge in [0.25, 0.3) is 7.37 Å². The van der Waals surface area contributed by atoms with Gasteiger partial charge in [0, 0.05) is 17.7 Å². The van der Waals surface area contributed by atoms with Gasteiger partial charge in [-0.3, -0.25) is 4.57 Å². The standard InChI is InChI=1S/C14H15O2P.BH3/c1-12-8-10-14(11-9-12)17(15,16-2)13-6-4-3-5-7-13;/h3-11H,1-2H3;1H3. The predicted octanol–water partition coefficient (Wildman–Crippen LogP) is 1.69. The molecule has 0 aliphatic heterocycles. The molecule has 0 saturated heterocycles. The monoisotopic (exact) mass is 260 g/mol. The van der Waals surface area contributed by atoms with Crippen LogP contribution in [-0.4, -0.2) is 15.5 Å². The van der Waals surface area contributed by atoms with E-state index in [4.69, 9.17) is 4.52 Å². The molecule has 2 aromatic rings. The molecule has 0 fully saturated rings. The summed E-state index contributed by atoms with van der Waals surface area (Å²) in [6, 6.07) is 16.9. The van der Waals surface area contributed by atoms with Gasteiger partial charge in [-0.1, -0.05) is 35.9 Å². The van der Waals surface area contributed by atoms with Gasteiger partial charge in [0.2, 0.25) is 0 Å². The van der Waals surface area contributed by atoms with Crippen molar-refractivity contribution < 1.29 is 9.09 Å². The van der Waals surface area contributed by atoms with Crippen LogP contribution in [0.1, 0.15) is 5.56 Å². The van der Waals surface area contributed by atoms with E-state index in [0.29, 0.717) is 0 Å². The molecule has 0 amide bonds. The molecular weight excluding hydrogens is 242 g/mol. The molecule has 0 spiro atoms. The van der Waals surface area contributed by atoms with Gasteiger partial charge in [-0.25, -0.2) is 0 Å². The third-order valence-corrected chi connectivity index (χ3v) is 5.20. The molecule has 0 heterocycles. The SMILES string of the molecule is B.COP(=O)(c1ccccc1)c1ccc(C)cc1. The number of hydrogen-bond donors (Lipinski definition) is 0. The molecule has 2 rings (SSSR count). The molecule has 0 N–H and O–H groups in total. The Hall–Kier alpha value is -1.31. The fraction of sp³-hybridized carbons (Fsp3) is 0.143. The number of hydrogen-bond acceptors (Lipinski definition) is 2. The second-order valence-electron chi connectivity index (χ2n) is 3.91. The molecule has 94 valence electrons. The van der Waals surface area contributed by atoms with E-state index < -0.39 is 7.37 Å². The van der Waals surface area contributed by atoms with Crippen LogP contribution in [0.15, 0.2) is 54.6 Å². The lowest BCUT2D eigenvalue weighted by Crippen LogP contribution is -2.16. The molecule has 0 saturated carbocycles. The Balaban J connectivity index is 0.00000162. The summed E-state index contributed by atoms with van der Waals surface area (Å²) in [7, 11) is -1.43. The van der Waals surface area contributed by atoms with Gasteiger partial charge in [0.1, 0.15) is 0 Å². The molecule has 1 unspecified atom stereocenters. The van der Waals surface area contributed by atoms with Crippen LogP contribution < -0.4 is 10.6 Å². The first-order chi connectivity index (χ1) is 8.16. The minimum absolute atomic E-state index is 0. The zero-order valence-electron chi connectivity index (χ0n) is 9.96. The van der Waals surface area contributed by atoms with E-state index in [1.54, 1.807) is 0 Å². The summed E-state index contributed by atoms with van der Waals surface area (Å²) in [4.78, 5) is 0. The lowest BCUT2D eigenvalue weighted by atomic mass is 10.2. The van der Waals surface area contributed by atoms with Gasteiger partial charge in [0.05, 0.1) is 8.41 Å². The minimum Gasteiger partial charge on any atom is -0.325 e. The van der Waals surface area contributed by atoms with Gasteiger partial charge in [0.15, 0.2) is 0 Å². The first kappa shape index (κ1) is 14.8. The van der Waals surface area contributed by atoms with Crippen molar-refractivity contribution >= 4 is 26.4 Å². The van der Waals surface area contributed by atoms with Crippen LogP contribution in [0.2, 0.25) is 0 Å². The highest BCUT2D eigenvalue weighted by atomic mass is 31.2. The van der Waals surface area contributed by atoms with Gasteiger partial charge in [-0.15, -0.1) is 0 Å². The summed E-state index contributed by atoms with van der Waals surface area (Å²) >= 11 is 0. The van der Waals surface area contributed by atoms with E-state index >= 15 is 0 Å². The Bertz CT molecular complexity index is 537. The maximum Gasteiger partial charge on any atom is 0.261 e. The normalized spacial score (nSPS) is 13.4. The Labute approximate surface area is 110 Å². The highest BCUT2D eigenvalue weighted by molar-refractivity contribution is 7.74. The van der Waals surface area contributed by atoms with Gasteiger partial charge in [-0.2, -0.15) is 0 Å². The number of rotatable bonds is 3. The first-order valence-corrected chi connectivity index (χ1v) is 7.08. The fourth-order valence-corrected chi connectivity index (χ4v) is 3.55. The zero-order chi connectivity index (χ0) is 12.3. The van der Waals surface area contributed by atoms with Gasteiger partial charge < -0.3 is 4.52 Å². The molecule has 2 nitrogen and oxygen atoms in total. The molecule has 1 atom stereocenters. The highest BCUT2D eigenvalue weighted by Crippen LogP contribution is 2.43. The van der Waals surface area contributed by atoms with Crippen molar-refractivity contribution in [2.45, 2.75) is 6.92 Å². The third-order valence-electron chi connectivity index (χ3n) is 2.73. The number of benzene rings is 2. The summed E-state index contributed by atoms with van der Waals surface area (Å²) in [5.74, 6) is 0. The van der Waals surface area contributed by atoms with Crippen LogP contribution in [0.5, 0.6) is 0 Å². The predicted molar refractivity (Wildman–Crippen MR) is 81.4 cm³/mol. The fourth-order valence-electron chi connectivity index (χ4n) is 1.73. The van der Waals surface area contributed by atoms with E-state index in [-0.39, 0.29) is 8.41 Å². The molecular formula is C14H18BO2P. The second-order valence-corrected chi connectivity index (χ2v) is 6.41.